The van der Waals surface area contributed by atoms with Crippen LogP contribution in [0.2, 0.25) is 0 Å². The molecule has 0 aromatic heterocycles. The number of halogens is 2. The van der Waals surface area contributed by atoms with Crippen molar-refractivity contribution in [3.63, 3.8) is 0 Å². The van der Waals surface area contributed by atoms with Gasteiger partial charge in [-0.05, 0) is 42.0 Å². The Morgan fingerprint density at radius 2 is 1.91 bits per heavy atom. The molecule has 0 heterocycles. The number of nitrogens with zero attached hydrogens (tertiary/aromatic N) is 1. The molecule has 0 fully saturated rings. The average Bonchev–Trinajstić information content (AvgIpc) is 2.47. The third kappa shape index (κ3) is 4.49. The summed E-state index contributed by atoms with van der Waals surface area (Å²) >= 11 is 4.61. The van der Waals surface area contributed by atoms with Crippen LogP contribution in [0.15, 0.2) is 47.6 Å². The fraction of sp³-hybridized carbons (Fsp3) is 0.0667. The second-order valence-corrected chi connectivity index (χ2v) is 4.74. The normalized spacial score (nSPS) is 10.6. The molecule has 0 saturated carbocycles. The number of hydrogen-bond acceptors (Lipinski definition) is 3. The van der Waals surface area contributed by atoms with Gasteiger partial charge in [-0.2, -0.15) is 5.10 Å². The van der Waals surface area contributed by atoms with Crippen molar-refractivity contribution >= 4 is 23.5 Å². The molecule has 2 aromatic rings. The van der Waals surface area contributed by atoms with Crippen LogP contribution in [0, 0.1) is 11.6 Å². The van der Waals surface area contributed by atoms with Crippen molar-refractivity contribution in [2.75, 3.05) is 0 Å². The lowest BCUT2D eigenvalue weighted by molar-refractivity contribution is 0.292. The molecule has 3 N–H and O–H groups in total. The number of ether oxygens (including phenoxy) is 1. The van der Waals surface area contributed by atoms with E-state index in [1.165, 1.54) is 24.4 Å². The summed E-state index contributed by atoms with van der Waals surface area (Å²) in [7, 11) is 0. The van der Waals surface area contributed by atoms with Crippen LogP contribution in [0.25, 0.3) is 0 Å². The summed E-state index contributed by atoms with van der Waals surface area (Å²) in [5.74, 6) is -0.821. The van der Waals surface area contributed by atoms with Gasteiger partial charge in [0.15, 0.2) is 5.11 Å². The number of thiocarbonyl (C=S) groups is 1. The van der Waals surface area contributed by atoms with E-state index in [0.717, 1.165) is 5.56 Å². The van der Waals surface area contributed by atoms with Gasteiger partial charge in [0.05, 0.1) is 11.8 Å². The fourth-order valence-electron chi connectivity index (χ4n) is 1.68. The van der Waals surface area contributed by atoms with Crippen molar-refractivity contribution in [1.29, 1.82) is 0 Å². The maximum absolute atomic E-state index is 13.5. The van der Waals surface area contributed by atoms with Gasteiger partial charge in [-0.3, -0.25) is 5.43 Å². The van der Waals surface area contributed by atoms with E-state index < -0.39 is 11.6 Å². The minimum Gasteiger partial charge on any atom is -0.489 e. The highest BCUT2D eigenvalue weighted by Gasteiger charge is 2.08. The minimum absolute atomic E-state index is 0.0543. The van der Waals surface area contributed by atoms with Gasteiger partial charge in [-0.15, -0.1) is 0 Å². The Kier molecular flexibility index (Phi) is 5.37. The summed E-state index contributed by atoms with van der Waals surface area (Å²) in [5.41, 5.74) is 8.27. The summed E-state index contributed by atoms with van der Waals surface area (Å²) in [4.78, 5) is 0. The van der Waals surface area contributed by atoms with Crippen LogP contribution in [0.4, 0.5) is 8.78 Å². The van der Waals surface area contributed by atoms with Crippen LogP contribution >= 0.6 is 12.2 Å². The molecule has 0 aliphatic heterocycles. The van der Waals surface area contributed by atoms with Crippen LogP contribution < -0.4 is 15.9 Å². The molecule has 0 saturated heterocycles. The van der Waals surface area contributed by atoms with Crippen molar-refractivity contribution in [2.45, 2.75) is 6.61 Å². The van der Waals surface area contributed by atoms with E-state index in [2.05, 4.69) is 22.7 Å². The molecule has 7 heteroatoms. The Labute approximate surface area is 131 Å². The van der Waals surface area contributed by atoms with Crippen molar-refractivity contribution in [1.82, 2.24) is 5.43 Å². The van der Waals surface area contributed by atoms with Gasteiger partial charge < -0.3 is 10.5 Å². The number of hydrazone groups is 1. The van der Waals surface area contributed by atoms with Crippen molar-refractivity contribution in [3.8, 4) is 5.75 Å². The molecule has 0 amide bonds. The molecule has 0 aliphatic carbocycles. The van der Waals surface area contributed by atoms with E-state index in [1.807, 2.05) is 0 Å². The van der Waals surface area contributed by atoms with Gasteiger partial charge in [-0.25, -0.2) is 8.78 Å². The molecular weight excluding hydrogens is 308 g/mol. The minimum atomic E-state index is -0.640. The van der Waals surface area contributed by atoms with Crippen LogP contribution in [-0.2, 0) is 6.61 Å². The van der Waals surface area contributed by atoms with Gasteiger partial charge in [-0.1, -0.05) is 18.2 Å². The van der Waals surface area contributed by atoms with Gasteiger partial charge in [0.2, 0.25) is 0 Å². The molecule has 0 spiro atoms. The first-order valence-corrected chi connectivity index (χ1v) is 6.71. The highest BCUT2D eigenvalue weighted by molar-refractivity contribution is 7.80. The number of benzene rings is 2. The van der Waals surface area contributed by atoms with Gasteiger partial charge in [0.1, 0.15) is 24.0 Å². The summed E-state index contributed by atoms with van der Waals surface area (Å²) in [5, 5.41) is 3.87. The molecule has 0 aliphatic rings. The fourth-order valence-corrected chi connectivity index (χ4v) is 1.73. The molecule has 0 unspecified atom stereocenters. The summed E-state index contributed by atoms with van der Waals surface area (Å²) < 4.78 is 32.4. The van der Waals surface area contributed by atoms with Crippen LogP contribution in [0.1, 0.15) is 11.1 Å². The monoisotopic (exact) mass is 321 g/mol. The van der Waals surface area contributed by atoms with Crippen molar-refractivity contribution in [2.24, 2.45) is 10.8 Å². The van der Waals surface area contributed by atoms with Gasteiger partial charge in [0.25, 0.3) is 0 Å². The Bertz CT molecular complexity index is 687. The third-order valence-corrected chi connectivity index (χ3v) is 2.78. The first-order chi connectivity index (χ1) is 10.6. The molecule has 2 aromatic carbocycles. The highest BCUT2D eigenvalue weighted by atomic mass is 32.1. The SMILES string of the molecule is NC(=S)NN=Cc1cccc(OCc2c(F)cccc2F)c1. The zero-order valence-electron chi connectivity index (χ0n) is 11.4. The summed E-state index contributed by atoms with van der Waals surface area (Å²) in [6, 6.07) is 10.5. The lowest BCUT2D eigenvalue weighted by Gasteiger charge is -2.08. The zero-order valence-corrected chi connectivity index (χ0v) is 12.2. The number of nitrogens with one attached hydrogen (secondary N) is 1. The maximum atomic E-state index is 13.5. The van der Waals surface area contributed by atoms with Crippen LogP contribution in [-0.4, -0.2) is 11.3 Å². The highest BCUT2D eigenvalue weighted by Crippen LogP contribution is 2.17. The van der Waals surface area contributed by atoms with Crippen molar-refractivity contribution in [3.05, 3.63) is 65.2 Å². The van der Waals surface area contributed by atoms with E-state index in [-0.39, 0.29) is 17.3 Å². The first-order valence-electron chi connectivity index (χ1n) is 6.30. The van der Waals surface area contributed by atoms with E-state index in [9.17, 15) is 8.78 Å². The molecule has 0 atom stereocenters. The lowest BCUT2D eigenvalue weighted by Crippen LogP contribution is -2.23. The predicted octanol–water partition coefficient (Wildman–Crippen LogP) is 2.71. The molecule has 0 bridgehead atoms. The summed E-state index contributed by atoms with van der Waals surface area (Å²) in [6.45, 7) is -0.204. The smallest absolute Gasteiger partial charge is 0.184 e. The third-order valence-electron chi connectivity index (χ3n) is 2.69. The molecule has 4 nitrogen and oxygen atoms in total. The molecule has 114 valence electrons. The Hall–Kier alpha value is -2.54. The number of rotatable bonds is 5. The van der Waals surface area contributed by atoms with E-state index in [4.69, 9.17) is 10.5 Å². The van der Waals surface area contributed by atoms with E-state index >= 15 is 0 Å². The Morgan fingerprint density at radius 1 is 1.23 bits per heavy atom. The quantitative estimate of drug-likeness (QED) is 0.505. The Morgan fingerprint density at radius 3 is 2.59 bits per heavy atom. The van der Waals surface area contributed by atoms with E-state index in [1.54, 1.807) is 24.3 Å². The topological polar surface area (TPSA) is 59.6 Å². The van der Waals surface area contributed by atoms with E-state index in [0.29, 0.717) is 5.75 Å². The largest absolute Gasteiger partial charge is 0.489 e. The first kappa shape index (κ1) is 15.8. The van der Waals surface area contributed by atoms with Gasteiger partial charge >= 0.3 is 0 Å². The number of nitrogens with two attached hydrogens (primary N) is 1. The molecular formula is C15H13F2N3OS. The van der Waals surface area contributed by atoms with Gasteiger partial charge in [0, 0.05) is 0 Å². The second-order valence-electron chi connectivity index (χ2n) is 4.30. The second kappa shape index (κ2) is 7.46. The maximum Gasteiger partial charge on any atom is 0.184 e. The van der Waals surface area contributed by atoms with Crippen LogP contribution in [0.3, 0.4) is 0 Å². The molecule has 2 rings (SSSR count). The zero-order chi connectivity index (χ0) is 15.9. The summed E-state index contributed by atoms with van der Waals surface area (Å²) in [6.07, 6.45) is 1.50. The standard InChI is InChI=1S/C15H13F2N3OS/c16-13-5-2-6-14(17)12(13)9-21-11-4-1-3-10(7-11)8-19-20-15(18)22/h1-8H,9H2,(H3,18,20,22). The van der Waals surface area contributed by atoms with Crippen molar-refractivity contribution < 1.29 is 13.5 Å². The van der Waals surface area contributed by atoms with Crippen LogP contribution in [0.5, 0.6) is 5.75 Å². The number of hydrogen-bond donors (Lipinski definition) is 2. The Balaban J connectivity index is 2.04. The lowest BCUT2D eigenvalue weighted by atomic mass is 10.2. The average molecular weight is 321 g/mol. The molecule has 0 radical (unpaired) electrons. The predicted molar refractivity (Wildman–Crippen MR) is 84.6 cm³/mol. The molecule has 22 heavy (non-hydrogen) atoms.